The highest BCUT2D eigenvalue weighted by Crippen LogP contribution is 2.20. The summed E-state index contributed by atoms with van der Waals surface area (Å²) in [5, 5.41) is 0. The molecule has 1 nitrogen and oxygen atoms in total. The predicted octanol–water partition coefficient (Wildman–Crippen LogP) is 4.66. The summed E-state index contributed by atoms with van der Waals surface area (Å²) in [6.07, 6.45) is 8.19. The van der Waals surface area contributed by atoms with Crippen LogP contribution in [0.5, 0.6) is 0 Å². The van der Waals surface area contributed by atoms with Crippen LogP contribution in [-0.4, -0.2) is 11.4 Å². The van der Waals surface area contributed by atoms with Crippen molar-refractivity contribution in [1.82, 2.24) is 4.90 Å². The van der Waals surface area contributed by atoms with Crippen molar-refractivity contribution in [1.29, 1.82) is 0 Å². The lowest BCUT2D eigenvalue weighted by molar-refractivity contribution is 0.424. The summed E-state index contributed by atoms with van der Waals surface area (Å²) >= 11 is 0. The molecule has 0 aliphatic carbocycles. The first-order chi connectivity index (χ1) is 7.62. The second-order valence-electron chi connectivity index (χ2n) is 3.84. The van der Waals surface area contributed by atoms with Crippen molar-refractivity contribution in [3.63, 3.8) is 0 Å². The minimum absolute atomic E-state index is 0.978. The molecule has 0 aromatic rings. The van der Waals surface area contributed by atoms with Crippen LogP contribution in [0, 0.1) is 0 Å². The van der Waals surface area contributed by atoms with Gasteiger partial charge >= 0.3 is 0 Å². The fourth-order valence-corrected chi connectivity index (χ4v) is 1.56. The third-order valence-corrected chi connectivity index (χ3v) is 2.56. The Morgan fingerprint density at radius 1 is 1.31 bits per heavy atom. The van der Waals surface area contributed by atoms with Crippen LogP contribution in [0.25, 0.3) is 0 Å². The number of hydrogen-bond acceptors (Lipinski definition) is 1. The van der Waals surface area contributed by atoms with Gasteiger partial charge in [-0.25, -0.2) is 0 Å². The van der Waals surface area contributed by atoms with Crippen molar-refractivity contribution in [2.75, 3.05) is 6.54 Å². The Morgan fingerprint density at radius 3 is 2.31 bits per heavy atom. The zero-order valence-corrected chi connectivity index (χ0v) is 11.2. The van der Waals surface area contributed by atoms with Gasteiger partial charge in [-0.2, -0.15) is 0 Å². The van der Waals surface area contributed by atoms with E-state index in [1.165, 1.54) is 11.3 Å². The van der Waals surface area contributed by atoms with Gasteiger partial charge in [-0.15, -0.1) is 0 Å². The molecule has 0 bridgehead atoms. The van der Waals surface area contributed by atoms with Crippen LogP contribution in [0.4, 0.5) is 0 Å². The lowest BCUT2D eigenvalue weighted by Gasteiger charge is -2.28. The number of nitrogens with zero attached hydrogens (tertiary/aromatic N) is 1. The van der Waals surface area contributed by atoms with Crippen LogP contribution in [0.15, 0.2) is 48.4 Å². The van der Waals surface area contributed by atoms with E-state index in [9.17, 15) is 0 Å². The van der Waals surface area contributed by atoms with Gasteiger partial charge < -0.3 is 4.90 Å². The Kier molecular flexibility index (Phi) is 7.36. The van der Waals surface area contributed by atoms with E-state index < -0.39 is 0 Å². The van der Waals surface area contributed by atoms with Crippen LogP contribution >= 0.6 is 0 Å². The van der Waals surface area contributed by atoms with Crippen molar-refractivity contribution in [3.05, 3.63) is 48.4 Å². The molecule has 0 saturated heterocycles. The van der Waals surface area contributed by atoms with Gasteiger partial charge in [0.25, 0.3) is 0 Å². The molecule has 90 valence electrons. The molecule has 16 heavy (non-hydrogen) atoms. The SMILES string of the molecule is C=C/C(C)=C(\C=C\C)N(CCC)C(=C)CC. The normalized spacial score (nSPS) is 12.5. The molecule has 0 rings (SSSR count). The molecule has 0 N–H and O–H groups in total. The van der Waals surface area contributed by atoms with Crippen LogP contribution in [0.1, 0.15) is 40.5 Å². The summed E-state index contributed by atoms with van der Waals surface area (Å²) in [7, 11) is 0. The van der Waals surface area contributed by atoms with Gasteiger partial charge in [0.2, 0.25) is 0 Å². The molecule has 0 spiro atoms. The maximum atomic E-state index is 4.14. The second kappa shape index (κ2) is 7.98. The Balaban J connectivity index is 5.26. The molecule has 0 aliphatic rings. The molecule has 0 fully saturated rings. The molecule has 0 radical (unpaired) electrons. The van der Waals surface area contributed by atoms with Crippen molar-refractivity contribution in [2.24, 2.45) is 0 Å². The van der Waals surface area contributed by atoms with Gasteiger partial charge in [-0.05, 0) is 38.3 Å². The fourth-order valence-electron chi connectivity index (χ4n) is 1.56. The van der Waals surface area contributed by atoms with Crippen molar-refractivity contribution in [3.8, 4) is 0 Å². The second-order valence-corrected chi connectivity index (χ2v) is 3.84. The van der Waals surface area contributed by atoms with Crippen molar-refractivity contribution < 1.29 is 0 Å². The minimum atomic E-state index is 0.978. The first-order valence-corrected chi connectivity index (χ1v) is 6.03. The van der Waals surface area contributed by atoms with Crippen LogP contribution in [-0.2, 0) is 0 Å². The van der Waals surface area contributed by atoms with Gasteiger partial charge in [0, 0.05) is 17.9 Å². The van der Waals surface area contributed by atoms with E-state index in [-0.39, 0.29) is 0 Å². The van der Waals surface area contributed by atoms with Crippen LogP contribution < -0.4 is 0 Å². The Hall–Kier alpha value is -1.24. The zero-order chi connectivity index (χ0) is 12.6. The molecule has 0 aromatic carbocycles. The van der Waals surface area contributed by atoms with E-state index in [2.05, 4.69) is 51.0 Å². The highest BCUT2D eigenvalue weighted by atomic mass is 15.1. The van der Waals surface area contributed by atoms with E-state index in [0.717, 1.165) is 25.1 Å². The predicted molar refractivity (Wildman–Crippen MR) is 74.1 cm³/mol. The van der Waals surface area contributed by atoms with Gasteiger partial charge in [-0.3, -0.25) is 0 Å². The monoisotopic (exact) mass is 219 g/mol. The molecule has 0 amide bonds. The quantitative estimate of drug-likeness (QED) is 0.563. The highest BCUT2D eigenvalue weighted by Gasteiger charge is 2.10. The van der Waals surface area contributed by atoms with E-state index in [1.807, 2.05) is 13.0 Å². The Labute approximate surface area is 101 Å². The molecule has 0 saturated carbocycles. The molecular weight excluding hydrogens is 194 g/mol. The van der Waals surface area contributed by atoms with Gasteiger partial charge in [0.1, 0.15) is 0 Å². The summed E-state index contributed by atoms with van der Waals surface area (Å²) in [5.41, 5.74) is 3.57. The number of allylic oxidation sites excluding steroid dienone is 5. The smallest absolute Gasteiger partial charge is 0.0434 e. The van der Waals surface area contributed by atoms with E-state index in [1.54, 1.807) is 0 Å². The standard InChI is InChI=1S/C15H25N/c1-7-11-15(13(5)9-3)16(12-8-2)14(6)10-4/h7,9,11H,3,6,8,10,12H2,1-2,4-5H3/b11-7+,15-13+. The zero-order valence-electron chi connectivity index (χ0n) is 11.2. The number of hydrogen-bond donors (Lipinski definition) is 0. The van der Waals surface area contributed by atoms with Gasteiger partial charge in [0.15, 0.2) is 0 Å². The average Bonchev–Trinajstić information content (AvgIpc) is 2.31. The molecule has 1 heteroatoms. The van der Waals surface area contributed by atoms with E-state index >= 15 is 0 Å². The summed E-state index contributed by atoms with van der Waals surface area (Å²) in [6, 6.07) is 0. The average molecular weight is 219 g/mol. The van der Waals surface area contributed by atoms with E-state index in [0.29, 0.717) is 0 Å². The first-order valence-electron chi connectivity index (χ1n) is 6.03. The highest BCUT2D eigenvalue weighted by molar-refractivity contribution is 5.32. The third kappa shape index (κ3) is 4.09. The maximum Gasteiger partial charge on any atom is 0.0434 e. The lowest BCUT2D eigenvalue weighted by atomic mass is 10.1. The summed E-state index contributed by atoms with van der Waals surface area (Å²) in [4.78, 5) is 2.29. The molecule has 0 unspecified atom stereocenters. The summed E-state index contributed by atoms with van der Waals surface area (Å²) < 4.78 is 0. The largest absolute Gasteiger partial charge is 0.346 e. The minimum Gasteiger partial charge on any atom is -0.346 e. The Bertz CT molecular complexity index is 295. The molecule has 0 aliphatic heterocycles. The summed E-state index contributed by atoms with van der Waals surface area (Å²) in [6.45, 7) is 17.4. The summed E-state index contributed by atoms with van der Waals surface area (Å²) in [5.74, 6) is 0. The first kappa shape index (κ1) is 14.8. The number of rotatable bonds is 7. The lowest BCUT2D eigenvalue weighted by Crippen LogP contribution is -2.22. The van der Waals surface area contributed by atoms with Gasteiger partial charge in [0.05, 0.1) is 0 Å². The molecule has 0 heterocycles. The fraction of sp³-hybridized carbons (Fsp3) is 0.467. The van der Waals surface area contributed by atoms with E-state index in [4.69, 9.17) is 0 Å². The third-order valence-electron chi connectivity index (χ3n) is 2.56. The molecule has 0 atom stereocenters. The van der Waals surface area contributed by atoms with Gasteiger partial charge in [-0.1, -0.05) is 39.2 Å². The van der Waals surface area contributed by atoms with Crippen molar-refractivity contribution >= 4 is 0 Å². The topological polar surface area (TPSA) is 3.24 Å². The maximum absolute atomic E-state index is 4.14. The molecular formula is C15H25N. The van der Waals surface area contributed by atoms with Crippen molar-refractivity contribution in [2.45, 2.75) is 40.5 Å². The Morgan fingerprint density at radius 2 is 1.94 bits per heavy atom. The van der Waals surface area contributed by atoms with Crippen LogP contribution in [0.2, 0.25) is 0 Å². The van der Waals surface area contributed by atoms with Crippen LogP contribution in [0.3, 0.4) is 0 Å². The molecule has 0 aromatic heterocycles.